The van der Waals surface area contributed by atoms with E-state index >= 15 is 0 Å². The SMILES string of the molecule is COc1ccc(C(C)Nc2cc(C)ccc2Cl)cc1F. The van der Waals surface area contributed by atoms with E-state index in [0.29, 0.717) is 5.02 Å². The first-order valence-corrected chi connectivity index (χ1v) is 6.75. The van der Waals surface area contributed by atoms with Crippen molar-refractivity contribution in [2.45, 2.75) is 19.9 Å². The van der Waals surface area contributed by atoms with Crippen LogP contribution in [0.15, 0.2) is 36.4 Å². The van der Waals surface area contributed by atoms with Crippen LogP contribution >= 0.6 is 11.6 Å². The van der Waals surface area contributed by atoms with Crippen LogP contribution in [-0.4, -0.2) is 7.11 Å². The minimum atomic E-state index is -0.367. The average Bonchev–Trinajstić information content (AvgIpc) is 2.42. The van der Waals surface area contributed by atoms with Crippen LogP contribution in [0.5, 0.6) is 5.75 Å². The zero-order valence-electron chi connectivity index (χ0n) is 11.7. The van der Waals surface area contributed by atoms with Gasteiger partial charge in [-0.25, -0.2) is 4.39 Å². The Morgan fingerprint density at radius 1 is 1.20 bits per heavy atom. The van der Waals surface area contributed by atoms with Crippen LogP contribution in [-0.2, 0) is 0 Å². The predicted octanol–water partition coefficient (Wildman–Crippen LogP) is 4.97. The summed E-state index contributed by atoms with van der Waals surface area (Å²) in [4.78, 5) is 0. The molecule has 0 saturated carbocycles. The third-order valence-electron chi connectivity index (χ3n) is 3.17. The number of aryl methyl sites for hydroxylation is 1. The average molecular weight is 294 g/mol. The van der Waals surface area contributed by atoms with Crippen molar-refractivity contribution in [1.29, 1.82) is 0 Å². The highest BCUT2D eigenvalue weighted by Crippen LogP contribution is 2.28. The first-order valence-electron chi connectivity index (χ1n) is 6.37. The Morgan fingerprint density at radius 2 is 1.95 bits per heavy atom. The molecular weight excluding hydrogens is 277 g/mol. The topological polar surface area (TPSA) is 21.3 Å². The molecule has 0 fully saturated rings. The van der Waals surface area contributed by atoms with Gasteiger partial charge in [0.2, 0.25) is 0 Å². The first kappa shape index (κ1) is 14.7. The molecule has 1 unspecified atom stereocenters. The Hall–Kier alpha value is -1.74. The lowest BCUT2D eigenvalue weighted by Crippen LogP contribution is -2.07. The molecule has 0 aromatic heterocycles. The summed E-state index contributed by atoms with van der Waals surface area (Å²) in [6.07, 6.45) is 0. The quantitative estimate of drug-likeness (QED) is 0.859. The number of methoxy groups -OCH3 is 1. The van der Waals surface area contributed by atoms with Gasteiger partial charge < -0.3 is 10.1 Å². The van der Waals surface area contributed by atoms with Crippen LogP contribution in [0.1, 0.15) is 24.1 Å². The number of hydrogen-bond donors (Lipinski definition) is 1. The van der Waals surface area contributed by atoms with Crippen LogP contribution in [0.25, 0.3) is 0 Å². The van der Waals surface area contributed by atoms with E-state index in [9.17, 15) is 4.39 Å². The van der Waals surface area contributed by atoms with E-state index in [2.05, 4.69) is 5.32 Å². The zero-order valence-corrected chi connectivity index (χ0v) is 12.5. The van der Waals surface area contributed by atoms with Crippen LogP contribution in [0.2, 0.25) is 5.02 Å². The molecule has 2 aromatic rings. The highest BCUT2D eigenvalue weighted by atomic mass is 35.5. The van der Waals surface area contributed by atoms with Crippen molar-refractivity contribution in [2.75, 3.05) is 12.4 Å². The second kappa shape index (κ2) is 6.14. The van der Waals surface area contributed by atoms with Gasteiger partial charge in [-0.2, -0.15) is 0 Å². The van der Waals surface area contributed by atoms with Gasteiger partial charge in [0.1, 0.15) is 0 Å². The predicted molar refractivity (Wildman–Crippen MR) is 81.2 cm³/mol. The van der Waals surface area contributed by atoms with E-state index < -0.39 is 0 Å². The van der Waals surface area contributed by atoms with Gasteiger partial charge >= 0.3 is 0 Å². The van der Waals surface area contributed by atoms with Crippen LogP contribution in [0.4, 0.5) is 10.1 Å². The van der Waals surface area contributed by atoms with Crippen molar-refractivity contribution in [2.24, 2.45) is 0 Å². The normalized spacial score (nSPS) is 12.1. The summed E-state index contributed by atoms with van der Waals surface area (Å²) in [7, 11) is 1.45. The number of hydrogen-bond acceptors (Lipinski definition) is 2. The fourth-order valence-electron chi connectivity index (χ4n) is 2.02. The van der Waals surface area contributed by atoms with Gasteiger partial charge in [-0.05, 0) is 49.2 Å². The third kappa shape index (κ3) is 3.23. The van der Waals surface area contributed by atoms with Gasteiger partial charge in [0.25, 0.3) is 0 Å². The molecule has 0 aliphatic carbocycles. The Morgan fingerprint density at radius 3 is 2.60 bits per heavy atom. The molecule has 0 aliphatic heterocycles. The molecular formula is C16H17ClFNO. The lowest BCUT2D eigenvalue weighted by Gasteiger charge is -2.18. The highest BCUT2D eigenvalue weighted by Gasteiger charge is 2.11. The summed E-state index contributed by atoms with van der Waals surface area (Å²) in [5, 5.41) is 3.94. The molecule has 2 rings (SSSR count). The molecule has 0 spiro atoms. The fourth-order valence-corrected chi connectivity index (χ4v) is 2.19. The summed E-state index contributed by atoms with van der Waals surface area (Å²) in [6.45, 7) is 3.96. The van der Waals surface area contributed by atoms with Crippen molar-refractivity contribution in [1.82, 2.24) is 0 Å². The summed E-state index contributed by atoms with van der Waals surface area (Å²) in [6, 6.07) is 10.6. The second-order valence-electron chi connectivity index (χ2n) is 4.74. The van der Waals surface area contributed by atoms with Crippen molar-refractivity contribution in [3.05, 3.63) is 58.4 Å². The molecule has 2 nitrogen and oxygen atoms in total. The molecule has 4 heteroatoms. The maximum Gasteiger partial charge on any atom is 0.165 e. The molecule has 20 heavy (non-hydrogen) atoms. The molecule has 2 aromatic carbocycles. The summed E-state index contributed by atoms with van der Waals surface area (Å²) < 4.78 is 18.6. The van der Waals surface area contributed by atoms with Crippen LogP contribution in [0, 0.1) is 12.7 Å². The van der Waals surface area contributed by atoms with E-state index in [4.69, 9.17) is 16.3 Å². The van der Waals surface area contributed by atoms with Gasteiger partial charge in [-0.15, -0.1) is 0 Å². The number of rotatable bonds is 4. The summed E-state index contributed by atoms with van der Waals surface area (Å²) >= 11 is 6.15. The van der Waals surface area contributed by atoms with Gasteiger partial charge in [-0.3, -0.25) is 0 Å². The van der Waals surface area contributed by atoms with Crippen LogP contribution < -0.4 is 10.1 Å². The van der Waals surface area contributed by atoms with Crippen molar-refractivity contribution in [3.63, 3.8) is 0 Å². The monoisotopic (exact) mass is 293 g/mol. The Labute approximate surface area is 123 Å². The minimum Gasteiger partial charge on any atom is -0.494 e. The lowest BCUT2D eigenvalue weighted by molar-refractivity contribution is 0.386. The smallest absolute Gasteiger partial charge is 0.165 e. The molecule has 0 heterocycles. The molecule has 0 saturated heterocycles. The van der Waals surface area contributed by atoms with Crippen LogP contribution in [0.3, 0.4) is 0 Å². The van der Waals surface area contributed by atoms with Gasteiger partial charge in [0.15, 0.2) is 11.6 Å². The standard InChI is InChI=1S/C16H17ClFNO/c1-10-4-6-13(17)15(8-10)19-11(2)12-5-7-16(20-3)14(18)9-12/h4-9,11,19H,1-3H3. The van der Waals surface area contributed by atoms with E-state index in [1.807, 2.05) is 38.1 Å². The maximum absolute atomic E-state index is 13.7. The van der Waals surface area contributed by atoms with E-state index in [1.165, 1.54) is 13.2 Å². The highest BCUT2D eigenvalue weighted by molar-refractivity contribution is 6.33. The Kier molecular flexibility index (Phi) is 4.50. The van der Waals surface area contributed by atoms with E-state index in [1.54, 1.807) is 6.07 Å². The molecule has 0 radical (unpaired) electrons. The number of anilines is 1. The molecule has 1 atom stereocenters. The number of benzene rings is 2. The van der Waals surface area contributed by atoms with Gasteiger partial charge in [-0.1, -0.05) is 23.7 Å². The second-order valence-corrected chi connectivity index (χ2v) is 5.15. The molecule has 1 N–H and O–H groups in total. The molecule has 106 valence electrons. The number of halogens is 2. The number of nitrogens with one attached hydrogen (secondary N) is 1. The van der Waals surface area contributed by atoms with Gasteiger partial charge in [0, 0.05) is 6.04 Å². The third-order valence-corrected chi connectivity index (χ3v) is 3.50. The molecule has 0 bridgehead atoms. The van der Waals surface area contributed by atoms with Crippen molar-refractivity contribution < 1.29 is 9.13 Å². The minimum absolute atomic E-state index is 0.0605. The fraction of sp³-hybridized carbons (Fsp3) is 0.250. The maximum atomic E-state index is 13.7. The first-order chi connectivity index (χ1) is 9.51. The zero-order chi connectivity index (χ0) is 14.7. The Balaban J connectivity index is 2.21. The van der Waals surface area contributed by atoms with Gasteiger partial charge in [0.05, 0.1) is 17.8 Å². The van der Waals surface area contributed by atoms with Crippen molar-refractivity contribution >= 4 is 17.3 Å². The summed E-state index contributed by atoms with van der Waals surface area (Å²) in [5.74, 6) is -0.122. The van der Waals surface area contributed by atoms with E-state index in [0.717, 1.165) is 16.8 Å². The molecule has 0 aliphatic rings. The number of ether oxygens (including phenoxy) is 1. The summed E-state index contributed by atoms with van der Waals surface area (Å²) in [5.41, 5.74) is 2.79. The van der Waals surface area contributed by atoms with Crippen molar-refractivity contribution in [3.8, 4) is 5.75 Å². The van der Waals surface area contributed by atoms with E-state index in [-0.39, 0.29) is 17.6 Å². The Bertz CT molecular complexity index is 615. The molecule has 0 amide bonds. The largest absolute Gasteiger partial charge is 0.494 e. The lowest BCUT2D eigenvalue weighted by atomic mass is 10.1.